The average molecular weight is 285 g/mol. The van der Waals surface area contributed by atoms with Gasteiger partial charge in [-0.1, -0.05) is 20.8 Å². The molecule has 1 atom stereocenters. The Bertz CT molecular complexity index is 345. The minimum atomic E-state index is -0.919. The van der Waals surface area contributed by atoms with Gasteiger partial charge in [0.15, 0.2) is 0 Å². The van der Waals surface area contributed by atoms with E-state index in [-0.39, 0.29) is 11.4 Å². The molecule has 0 spiro atoms. The molecule has 1 unspecified atom stereocenters. The Kier molecular flexibility index (Phi) is 6.26. The first kappa shape index (κ1) is 16.8. The summed E-state index contributed by atoms with van der Waals surface area (Å²) in [7, 11) is 0. The van der Waals surface area contributed by atoms with Crippen molar-refractivity contribution in [3.63, 3.8) is 0 Å². The van der Waals surface area contributed by atoms with Crippen molar-refractivity contribution in [3.8, 4) is 0 Å². The maximum Gasteiger partial charge on any atom is 0.327 e. The number of hydrogen-bond donors (Lipinski definition) is 3. The van der Waals surface area contributed by atoms with Crippen LogP contribution in [0.3, 0.4) is 0 Å². The number of urea groups is 1. The first-order chi connectivity index (χ1) is 9.40. The molecule has 0 aromatic rings. The number of amides is 2. The third-order valence-corrected chi connectivity index (χ3v) is 3.82. The summed E-state index contributed by atoms with van der Waals surface area (Å²) in [6.07, 6.45) is 2.52. The summed E-state index contributed by atoms with van der Waals surface area (Å²) in [5, 5.41) is 15.4. The van der Waals surface area contributed by atoms with Crippen LogP contribution in [0.15, 0.2) is 0 Å². The van der Waals surface area contributed by atoms with Crippen LogP contribution in [0.4, 0.5) is 4.79 Å². The predicted molar refractivity (Wildman–Crippen MR) is 77.7 cm³/mol. The van der Waals surface area contributed by atoms with Crippen LogP contribution in [0.5, 0.6) is 0 Å². The van der Waals surface area contributed by atoms with Crippen molar-refractivity contribution in [3.05, 3.63) is 0 Å². The number of aliphatic carboxylic acids is 1. The number of nitrogens with zero attached hydrogens (tertiary/aromatic N) is 1. The van der Waals surface area contributed by atoms with E-state index in [1.165, 1.54) is 4.90 Å². The zero-order valence-corrected chi connectivity index (χ0v) is 12.7. The third kappa shape index (κ3) is 4.37. The van der Waals surface area contributed by atoms with Crippen molar-refractivity contribution >= 4 is 12.0 Å². The number of hydrogen-bond acceptors (Lipinski definition) is 3. The minimum Gasteiger partial charge on any atom is -0.480 e. The van der Waals surface area contributed by atoms with Gasteiger partial charge in [-0.2, -0.15) is 0 Å². The molecule has 0 aliphatic carbocycles. The fraction of sp³-hybridized carbons (Fsp3) is 0.857. The van der Waals surface area contributed by atoms with Gasteiger partial charge in [-0.25, -0.2) is 9.59 Å². The van der Waals surface area contributed by atoms with Crippen LogP contribution in [0.25, 0.3) is 0 Å². The average Bonchev–Trinajstić information content (AvgIpc) is 2.36. The summed E-state index contributed by atoms with van der Waals surface area (Å²) in [4.78, 5) is 25.1. The largest absolute Gasteiger partial charge is 0.480 e. The smallest absolute Gasteiger partial charge is 0.327 e. The van der Waals surface area contributed by atoms with Crippen molar-refractivity contribution < 1.29 is 14.7 Å². The highest BCUT2D eigenvalue weighted by Crippen LogP contribution is 2.35. The lowest BCUT2D eigenvalue weighted by molar-refractivity contribution is -0.148. The minimum absolute atomic E-state index is 0.262. The Morgan fingerprint density at radius 2 is 2.05 bits per heavy atom. The van der Waals surface area contributed by atoms with Gasteiger partial charge in [0, 0.05) is 13.1 Å². The van der Waals surface area contributed by atoms with Crippen LogP contribution < -0.4 is 10.6 Å². The zero-order valence-electron chi connectivity index (χ0n) is 12.7. The van der Waals surface area contributed by atoms with Crippen molar-refractivity contribution in [2.45, 2.75) is 46.1 Å². The third-order valence-electron chi connectivity index (χ3n) is 3.82. The fourth-order valence-corrected chi connectivity index (χ4v) is 2.77. The number of likely N-dealkylation sites (tertiary alicyclic amines) is 1. The molecule has 1 saturated heterocycles. The van der Waals surface area contributed by atoms with Gasteiger partial charge in [0.2, 0.25) is 0 Å². The van der Waals surface area contributed by atoms with Crippen molar-refractivity contribution in [1.29, 1.82) is 0 Å². The molecular formula is C14H27N3O3. The van der Waals surface area contributed by atoms with E-state index in [2.05, 4.69) is 10.6 Å². The zero-order chi connectivity index (χ0) is 15.2. The molecule has 20 heavy (non-hydrogen) atoms. The standard InChI is InChI=1S/C14H27N3O3/c1-4-15-8-6-9-16-13(20)17-10-5-7-14(2,3)11(17)12(18)19/h11,15H,4-10H2,1-3H3,(H,16,20)(H,18,19). The normalized spacial score (nSPS) is 21.6. The maximum absolute atomic E-state index is 12.2. The number of piperidine rings is 1. The Balaban J connectivity index is 2.54. The highest BCUT2D eigenvalue weighted by atomic mass is 16.4. The van der Waals surface area contributed by atoms with Crippen LogP contribution in [-0.2, 0) is 4.79 Å². The highest BCUT2D eigenvalue weighted by molar-refractivity contribution is 5.83. The molecule has 6 heteroatoms. The molecule has 1 heterocycles. The van der Waals surface area contributed by atoms with Gasteiger partial charge in [0.25, 0.3) is 0 Å². The Labute approximate surface area is 120 Å². The molecule has 1 fully saturated rings. The van der Waals surface area contributed by atoms with E-state index in [0.29, 0.717) is 13.1 Å². The van der Waals surface area contributed by atoms with E-state index in [9.17, 15) is 14.7 Å². The molecule has 6 nitrogen and oxygen atoms in total. The lowest BCUT2D eigenvalue weighted by Gasteiger charge is -2.43. The second-order valence-electron chi connectivity index (χ2n) is 5.97. The number of carboxylic acid groups (broad SMARTS) is 1. The fourth-order valence-electron chi connectivity index (χ4n) is 2.77. The number of carbonyl (C=O) groups excluding carboxylic acids is 1. The second-order valence-corrected chi connectivity index (χ2v) is 5.97. The summed E-state index contributed by atoms with van der Waals surface area (Å²) >= 11 is 0. The van der Waals surface area contributed by atoms with Crippen LogP contribution in [0, 0.1) is 5.41 Å². The lowest BCUT2D eigenvalue weighted by Crippen LogP contribution is -2.58. The SMILES string of the molecule is CCNCCCNC(=O)N1CCCC(C)(C)C1C(=O)O. The number of carboxylic acids is 1. The van der Waals surface area contributed by atoms with E-state index in [4.69, 9.17) is 0 Å². The quantitative estimate of drug-likeness (QED) is 0.642. The van der Waals surface area contributed by atoms with Crippen molar-refractivity contribution in [1.82, 2.24) is 15.5 Å². The Hall–Kier alpha value is -1.30. The second kappa shape index (κ2) is 7.47. The maximum atomic E-state index is 12.2. The van der Waals surface area contributed by atoms with Gasteiger partial charge >= 0.3 is 12.0 Å². The first-order valence-electron chi connectivity index (χ1n) is 7.38. The molecule has 0 saturated carbocycles. The van der Waals surface area contributed by atoms with E-state index in [0.717, 1.165) is 32.4 Å². The van der Waals surface area contributed by atoms with E-state index in [1.54, 1.807) is 0 Å². The summed E-state index contributed by atoms with van der Waals surface area (Å²) in [6.45, 7) is 8.70. The summed E-state index contributed by atoms with van der Waals surface area (Å²) < 4.78 is 0. The Morgan fingerprint density at radius 1 is 1.35 bits per heavy atom. The van der Waals surface area contributed by atoms with Gasteiger partial charge in [-0.05, 0) is 37.8 Å². The molecule has 0 radical (unpaired) electrons. The highest BCUT2D eigenvalue weighted by Gasteiger charge is 2.44. The van der Waals surface area contributed by atoms with Gasteiger partial charge in [-0.15, -0.1) is 0 Å². The molecule has 1 aliphatic heterocycles. The molecule has 0 aromatic carbocycles. The monoisotopic (exact) mass is 285 g/mol. The summed E-state index contributed by atoms with van der Waals surface area (Å²) in [5.41, 5.74) is -0.384. The molecule has 1 aliphatic rings. The number of nitrogens with one attached hydrogen (secondary N) is 2. The molecule has 2 amide bonds. The van der Waals surface area contributed by atoms with Gasteiger partial charge in [-0.3, -0.25) is 0 Å². The molecule has 1 rings (SSSR count). The number of carbonyl (C=O) groups is 2. The first-order valence-corrected chi connectivity index (χ1v) is 7.38. The molecule has 0 bridgehead atoms. The molecule has 0 aromatic heterocycles. The van der Waals surface area contributed by atoms with E-state index < -0.39 is 12.0 Å². The number of rotatable bonds is 6. The topological polar surface area (TPSA) is 81.7 Å². The van der Waals surface area contributed by atoms with Gasteiger partial charge in [0.1, 0.15) is 6.04 Å². The summed E-state index contributed by atoms with van der Waals surface area (Å²) in [5.74, 6) is -0.919. The van der Waals surface area contributed by atoms with Crippen LogP contribution in [0.1, 0.15) is 40.0 Å². The van der Waals surface area contributed by atoms with Crippen LogP contribution >= 0.6 is 0 Å². The van der Waals surface area contributed by atoms with Gasteiger partial charge in [0.05, 0.1) is 0 Å². The van der Waals surface area contributed by atoms with E-state index in [1.807, 2.05) is 20.8 Å². The van der Waals surface area contributed by atoms with Crippen molar-refractivity contribution in [2.75, 3.05) is 26.2 Å². The predicted octanol–water partition coefficient (Wildman–Crippen LogP) is 1.27. The van der Waals surface area contributed by atoms with Gasteiger partial charge < -0.3 is 20.6 Å². The molecule has 116 valence electrons. The Morgan fingerprint density at radius 3 is 2.65 bits per heavy atom. The van der Waals surface area contributed by atoms with Crippen LogP contribution in [-0.4, -0.2) is 54.2 Å². The van der Waals surface area contributed by atoms with Crippen LogP contribution in [0.2, 0.25) is 0 Å². The van der Waals surface area contributed by atoms with Crippen molar-refractivity contribution in [2.24, 2.45) is 5.41 Å². The van der Waals surface area contributed by atoms with E-state index >= 15 is 0 Å². The summed E-state index contributed by atoms with van der Waals surface area (Å²) in [6, 6.07) is -1.01. The lowest BCUT2D eigenvalue weighted by atomic mass is 9.76. The molecule has 3 N–H and O–H groups in total. The molecular weight excluding hydrogens is 258 g/mol.